The van der Waals surface area contributed by atoms with Gasteiger partial charge in [0, 0.05) is 7.11 Å². The second-order valence-electron chi connectivity index (χ2n) is 1.77. The summed E-state index contributed by atoms with van der Waals surface area (Å²) in [5, 5.41) is 0. The summed E-state index contributed by atoms with van der Waals surface area (Å²) in [6.45, 7) is 0. The van der Waals surface area contributed by atoms with Crippen LogP contribution in [0.25, 0.3) is 0 Å². The Morgan fingerprint density at radius 1 is 0.867 bits per heavy atom. The molecule has 4 N–H and O–H groups in total. The van der Waals surface area contributed by atoms with Crippen LogP contribution in [-0.2, 0) is 26.8 Å². The maximum atomic E-state index is 10.6. The van der Waals surface area contributed by atoms with E-state index in [0.717, 1.165) is 0 Å². The summed E-state index contributed by atoms with van der Waals surface area (Å²) in [4.78, 5) is 33.2. The van der Waals surface area contributed by atoms with Crippen LogP contribution < -0.4 is 0 Å². The first-order chi connectivity index (χ1) is 5.97. The predicted octanol–water partition coefficient (Wildman–Crippen LogP) is -0.689. The average molecular weight is 312 g/mol. The van der Waals surface area contributed by atoms with Gasteiger partial charge >= 0.3 is 74.9 Å². The Kier molecular flexibility index (Phi) is 8.84. The minimum absolute atomic E-state index is 0. The second-order valence-corrected chi connectivity index (χ2v) is 6.30. The molecule has 0 aliphatic rings. The van der Waals surface area contributed by atoms with Gasteiger partial charge in [-0.05, 0) is 0 Å². The second kappa shape index (κ2) is 6.84. The topological polar surface area (TPSA) is 160 Å². The molecule has 0 heterocycles. The van der Waals surface area contributed by atoms with Crippen LogP contribution >= 0.6 is 23.5 Å². The summed E-state index contributed by atoms with van der Waals surface area (Å²) in [5.41, 5.74) is 0. The standard InChI is InChI=1S/CH7O10P3.K.H/c1-9-13(5,6)11-14(7,8)10-12(2,3)4;;/h1H3,(H,5,6)(H,7,8)(H2,2,3,4);;. The predicted molar refractivity (Wildman–Crippen MR) is 48.0 cm³/mol. The monoisotopic (exact) mass is 312 g/mol. The minimum atomic E-state index is -5.35. The van der Waals surface area contributed by atoms with E-state index in [1.165, 1.54) is 0 Å². The Labute approximate surface area is 127 Å². The molecule has 0 amide bonds. The molecule has 2 unspecified atom stereocenters. The molecule has 0 fully saturated rings. The van der Waals surface area contributed by atoms with Crippen LogP contribution in [0.15, 0.2) is 0 Å². The molecule has 2 atom stereocenters. The Morgan fingerprint density at radius 3 is 1.53 bits per heavy atom. The van der Waals surface area contributed by atoms with E-state index in [1.807, 2.05) is 0 Å². The van der Waals surface area contributed by atoms with Crippen molar-refractivity contribution in [3.05, 3.63) is 0 Å². The molecule has 14 heteroatoms. The van der Waals surface area contributed by atoms with Gasteiger partial charge in [-0.2, -0.15) is 8.62 Å². The van der Waals surface area contributed by atoms with Gasteiger partial charge in [0.25, 0.3) is 0 Å². The van der Waals surface area contributed by atoms with Crippen molar-refractivity contribution in [3.63, 3.8) is 0 Å². The molecule has 0 aromatic carbocycles. The van der Waals surface area contributed by atoms with Gasteiger partial charge in [0.15, 0.2) is 0 Å². The van der Waals surface area contributed by atoms with Crippen molar-refractivity contribution < 1.29 is 46.4 Å². The maximum absolute atomic E-state index is 10.6. The van der Waals surface area contributed by atoms with E-state index in [1.54, 1.807) is 0 Å². The molecule has 0 aliphatic carbocycles. The molecule has 0 radical (unpaired) electrons. The number of phosphoric acid groups is 3. The normalized spacial score (nSPS) is 19.8. The van der Waals surface area contributed by atoms with Crippen molar-refractivity contribution in [2.45, 2.75) is 0 Å². The first-order valence-corrected chi connectivity index (χ1v) is 7.19. The summed E-state index contributed by atoms with van der Waals surface area (Å²) in [7, 11) is -14.8. The summed E-state index contributed by atoms with van der Waals surface area (Å²) in [5.74, 6) is 0. The molecular formula is CH8KO10P3. The van der Waals surface area contributed by atoms with Crippen molar-refractivity contribution in [1.29, 1.82) is 0 Å². The van der Waals surface area contributed by atoms with Crippen molar-refractivity contribution in [3.8, 4) is 0 Å². The molecular weight excluding hydrogens is 304 g/mol. The molecule has 10 nitrogen and oxygen atoms in total. The summed E-state index contributed by atoms with van der Waals surface area (Å²) in [6.07, 6.45) is 0. The van der Waals surface area contributed by atoms with Crippen molar-refractivity contribution in [2.24, 2.45) is 0 Å². The molecule has 15 heavy (non-hydrogen) atoms. The fraction of sp³-hybridized carbons (Fsp3) is 1.00. The zero-order valence-electron chi connectivity index (χ0n) is 6.58. The third-order valence-corrected chi connectivity index (χ3v) is 4.44. The van der Waals surface area contributed by atoms with Crippen LogP contribution in [0.4, 0.5) is 0 Å². The Balaban J connectivity index is 0. The third kappa shape index (κ3) is 10.9. The van der Waals surface area contributed by atoms with Crippen LogP contribution in [0, 0.1) is 0 Å². The van der Waals surface area contributed by atoms with Crippen LogP contribution in [0.1, 0.15) is 0 Å². The fourth-order valence-electron chi connectivity index (χ4n) is 0.313. The zero-order valence-corrected chi connectivity index (χ0v) is 9.26. The summed E-state index contributed by atoms with van der Waals surface area (Å²) in [6, 6.07) is 0. The van der Waals surface area contributed by atoms with Gasteiger partial charge in [0.05, 0.1) is 0 Å². The van der Waals surface area contributed by atoms with E-state index in [2.05, 4.69) is 13.1 Å². The molecule has 0 bridgehead atoms. The molecule has 0 spiro atoms. The van der Waals surface area contributed by atoms with Gasteiger partial charge in [-0.3, -0.25) is 4.52 Å². The van der Waals surface area contributed by atoms with Crippen molar-refractivity contribution >= 4 is 74.9 Å². The van der Waals surface area contributed by atoms with Crippen LogP contribution in [0.5, 0.6) is 0 Å². The van der Waals surface area contributed by atoms with Gasteiger partial charge in [-0.15, -0.1) is 0 Å². The summed E-state index contributed by atoms with van der Waals surface area (Å²) < 4.78 is 41.6. The third-order valence-electron chi connectivity index (χ3n) is 0.647. The molecule has 0 aromatic rings. The van der Waals surface area contributed by atoms with Gasteiger partial charge in [0.2, 0.25) is 0 Å². The van der Waals surface area contributed by atoms with E-state index in [-0.39, 0.29) is 51.4 Å². The molecule has 0 saturated heterocycles. The summed E-state index contributed by atoms with van der Waals surface area (Å²) >= 11 is 0. The van der Waals surface area contributed by atoms with Crippen molar-refractivity contribution in [1.82, 2.24) is 0 Å². The van der Waals surface area contributed by atoms with Crippen LogP contribution in [0.2, 0.25) is 0 Å². The number of hydrogen-bond donors (Lipinski definition) is 4. The Hall–Kier alpha value is 2.05. The molecule has 0 saturated carbocycles. The first-order valence-electron chi connectivity index (χ1n) is 2.67. The van der Waals surface area contributed by atoms with Gasteiger partial charge in [-0.1, -0.05) is 0 Å². The zero-order chi connectivity index (χ0) is 11.6. The van der Waals surface area contributed by atoms with Gasteiger partial charge in [0.1, 0.15) is 0 Å². The molecule has 0 rings (SSSR count). The van der Waals surface area contributed by atoms with E-state index in [0.29, 0.717) is 7.11 Å². The van der Waals surface area contributed by atoms with E-state index >= 15 is 0 Å². The SMILES string of the molecule is COP(=O)(O)OP(=O)(O)OP(=O)(O)O.[KH]. The van der Waals surface area contributed by atoms with E-state index in [4.69, 9.17) is 19.6 Å². The van der Waals surface area contributed by atoms with Gasteiger partial charge in [-0.25, -0.2) is 13.7 Å². The quantitative estimate of drug-likeness (QED) is 0.378. The Bertz CT molecular complexity index is 330. The van der Waals surface area contributed by atoms with Crippen LogP contribution in [-0.4, -0.2) is 78.1 Å². The number of phosphoric ester groups is 1. The number of rotatable bonds is 5. The molecule has 0 aliphatic heterocycles. The fourth-order valence-corrected chi connectivity index (χ4v) is 3.09. The van der Waals surface area contributed by atoms with E-state index < -0.39 is 23.5 Å². The van der Waals surface area contributed by atoms with Crippen molar-refractivity contribution in [2.75, 3.05) is 7.11 Å². The molecule has 88 valence electrons. The van der Waals surface area contributed by atoms with E-state index in [9.17, 15) is 13.7 Å². The Morgan fingerprint density at radius 2 is 1.27 bits per heavy atom. The van der Waals surface area contributed by atoms with Crippen LogP contribution in [0.3, 0.4) is 0 Å². The average Bonchev–Trinajstić information content (AvgIpc) is 1.78. The van der Waals surface area contributed by atoms with Gasteiger partial charge < -0.3 is 19.6 Å². The number of hydrogen-bond acceptors (Lipinski definition) is 6. The molecule has 0 aromatic heterocycles. The first kappa shape index (κ1) is 19.4.